The lowest BCUT2D eigenvalue weighted by atomic mass is 10.1. The van der Waals surface area contributed by atoms with Gasteiger partial charge in [-0.1, -0.05) is 6.08 Å². The molecular weight excluding hydrogens is 418 g/mol. The van der Waals surface area contributed by atoms with Gasteiger partial charge in [-0.15, -0.1) is 0 Å². The Morgan fingerprint density at radius 1 is 1.24 bits per heavy atom. The molecule has 1 aromatic carbocycles. The molecule has 0 unspecified atom stereocenters. The third-order valence-corrected chi connectivity index (χ3v) is 6.05. The van der Waals surface area contributed by atoms with Gasteiger partial charge in [-0.25, -0.2) is 14.8 Å². The molecule has 0 aliphatic carbocycles. The zero-order valence-corrected chi connectivity index (χ0v) is 18.7. The third kappa shape index (κ3) is 4.27. The lowest BCUT2D eigenvalue weighted by molar-refractivity contribution is 0.150. The van der Waals surface area contributed by atoms with Crippen molar-refractivity contribution in [2.75, 3.05) is 39.0 Å². The Hall–Kier alpha value is -3.85. The number of carboxylic acid groups (broad SMARTS) is 1. The highest BCUT2D eigenvalue weighted by molar-refractivity contribution is 5.95. The maximum Gasteiger partial charge on any atom is 0.407 e. The van der Waals surface area contributed by atoms with Gasteiger partial charge in [0.25, 0.3) is 0 Å². The van der Waals surface area contributed by atoms with Gasteiger partial charge in [0.05, 0.1) is 23.0 Å². The normalized spacial score (nSPS) is 14.3. The Labute approximate surface area is 191 Å². The lowest BCUT2D eigenvalue weighted by Crippen LogP contribution is -2.33. The molecule has 1 amide bonds. The summed E-state index contributed by atoms with van der Waals surface area (Å²) in [6, 6.07) is 10.3. The molecule has 1 aliphatic heterocycles. The number of imidazole rings is 1. The van der Waals surface area contributed by atoms with Crippen LogP contribution >= 0.6 is 0 Å². The Bertz CT molecular complexity index is 1350. The van der Waals surface area contributed by atoms with Crippen LogP contribution in [-0.2, 0) is 6.54 Å². The fraction of sp³-hybridized carbons (Fsp3) is 0.292. The van der Waals surface area contributed by atoms with E-state index < -0.39 is 6.09 Å². The van der Waals surface area contributed by atoms with E-state index in [9.17, 15) is 9.90 Å². The van der Waals surface area contributed by atoms with Gasteiger partial charge in [-0.3, -0.25) is 0 Å². The molecular formula is C24H27N7O2. The predicted molar refractivity (Wildman–Crippen MR) is 130 cm³/mol. The summed E-state index contributed by atoms with van der Waals surface area (Å²) >= 11 is 0. The number of fused-ring (bicyclic) bond motifs is 2. The van der Waals surface area contributed by atoms with Crippen molar-refractivity contribution in [3.63, 3.8) is 0 Å². The standard InChI is InChI=1S/C24H27N7O2/c1-29(2)11-12-31-15-26-20-4-3-17(13-22(20)31)27-19-5-8-25-23-18(19)14-21(28-23)16-6-9-30(10-7-16)24(32)33/h3-6,8,13-15H,7,9-12H2,1-2H3,(H,32,33)(H2,25,27,28). The lowest BCUT2D eigenvalue weighted by Gasteiger charge is -2.23. The van der Waals surface area contributed by atoms with Crippen molar-refractivity contribution >= 4 is 45.1 Å². The van der Waals surface area contributed by atoms with Crippen molar-refractivity contribution in [3.8, 4) is 0 Å². The number of pyridine rings is 1. The number of amides is 1. The summed E-state index contributed by atoms with van der Waals surface area (Å²) in [6.45, 7) is 2.72. The number of benzene rings is 1. The number of carbonyl (C=O) groups is 1. The van der Waals surface area contributed by atoms with E-state index in [1.165, 1.54) is 4.90 Å². The zero-order chi connectivity index (χ0) is 22.9. The Morgan fingerprint density at radius 3 is 2.88 bits per heavy atom. The maximum absolute atomic E-state index is 11.2. The van der Waals surface area contributed by atoms with Gasteiger partial charge in [0.15, 0.2) is 0 Å². The zero-order valence-electron chi connectivity index (χ0n) is 18.7. The molecule has 3 aromatic heterocycles. The summed E-state index contributed by atoms with van der Waals surface area (Å²) in [5.74, 6) is 0. The summed E-state index contributed by atoms with van der Waals surface area (Å²) < 4.78 is 2.17. The first-order valence-corrected chi connectivity index (χ1v) is 11.0. The average Bonchev–Trinajstić information content (AvgIpc) is 3.42. The van der Waals surface area contributed by atoms with Gasteiger partial charge < -0.3 is 29.8 Å². The quantitative estimate of drug-likeness (QED) is 0.415. The second-order valence-corrected chi connectivity index (χ2v) is 8.58. The summed E-state index contributed by atoms with van der Waals surface area (Å²) in [5, 5.41) is 13.7. The molecule has 5 rings (SSSR count). The molecule has 4 heterocycles. The van der Waals surface area contributed by atoms with Crippen LogP contribution in [0.1, 0.15) is 12.1 Å². The van der Waals surface area contributed by atoms with E-state index in [0.29, 0.717) is 19.5 Å². The van der Waals surface area contributed by atoms with E-state index >= 15 is 0 Å². The maximum atomic E-state index is 11.2. The highest BCUT2D eigenvalue weighted by Gasteiger charge is 2.18. The number of rotatable bonds is 6. The number of anilines is 2. The molecule has 0 spiro atoms. The molecule has 9 nitrogen and oxygen atoms in total. The van der Waals surface area contributed by atoms with Crippen LogP contribution in [0.25, 0.3) is 27.6 Å². The van der Waals surface area contributed by atoms with Crippen LogP contribution in [0.15, 0.2) is 48.9 Å². The van der Waals surface area contributed by atoms with Crippen LogP contribution in [0.3, 0.4) is 0 Å². The smallest absolute Gasteiger partial charge is 0.407 e. The highest BCUT2D eigenvalue weighted by atomic mass is 16.4. The predicted octanol–water partition coefficient (Wildman–Crippen LogP) is 3.98. The topological polar surface area (TPSA) is 102 Å². The molecule has 4 aromatic rings. The molecule has 170 valence electrons. The number of hydrogen-bond acceptors (Lipinski definition) is 5. The van der Waals surface area contributed by atoms with Crippen LogP contribution in [0, 0.1) is 0 Å². The number of H-pyrrole nitrogens is 1. The minimum atomic E-state index is -0.880. The largest absolute Gasteiger partial charge is 0.465 e. The number of hydrogen-bond donors (Lipinski definition) is 3. The number of likely N-dealkylation sites (N-methyl/N-ethyl adjacent to an activating group) is 1. The molecule has 0 atom stereocenters. The highest BCUT2D eigenvalue weighted by Crippen LogP contribution is 2.31. The third-order valence-electron chi connectivity index (χ3n) is 6.05. The fourth-order valence-electron chi connectivity index (χ4n) is 4.17. The van der Waals surface area contributed by atoms with Crippen molar-refractivity contribution in [1.29, 1.82) is 0 Å². The van der Waals surface area contributed by atoms with Crippen molar-refractivity contribution in [2.45, 2.75) is 13.0 Å². The van der Waals surface area contributed by atoms with Crippen LogP contribution in [0.5, 0.6) is 0 Å². The van der Waals surface area contributed by atoms with Crippen LogP contribution in [0.4, 0.5) is 16.2 Å². The van der Waals surface area contributed by atoms with E-state index in [-0.39, 0.29) is 0 Å². The summed E-state index contributed by atoms with van der Waals surface area (Å²) in [4.78, 5) is 27.2. The Balaban J connectivity index is 1.42. The molecule has 33 heavy (non-hydrogen) atoms. The minimum absolute atomic E-state index is 0.403. The Kier molecular flexibility index (Phi) is 5.47. The van der Waals surface area contributed by atoms with E-state index in [4.69, 9.17) is 0 Å². The second-order valence-electron chi connectivity index (χ2n) is 8.58. The van der Waals surface area contributed by atoms with Crippen molar-refractivity contribution < 1.29 is 9.90 Å². The first kappa shape index (κ1) is 21.0. The molecule has 0 saturated carbocycles. The SMILES string of the molecule is CN(C)CCn1cnc2ccc(Nc3ccnc4[nH]c(C5=CCN(C(=O)O)CC5)cc34)cc21. The van der Waals surface area contributed by atoms with Gasteiger partial charge in [-0.05, 0) is 56.4 Å². The summed E-state index contributed by atoms with van der Waals surface area (Å²) in [6.07, 6.45) is 5.44. The number of nitrogens with zero attached hydrogens (tertiary/aromatic N) is 5. The average molecular weight is 446 g/mol. The number of aromatic nitrogens is 4. The van der Waals surface area contributed by atoms with E-state index in [2.05, 4.69) is 56.0 Å². The molecule has 3 N–H and O–H groups in total. The van der Waals surface area contributed by atoms with Gasteiger partial charge >= 0.3 is 6.09 Å². The second kappa shape index (κ2) is 8.59. The number of aromatic amines is 1. The molecule has 0 fully saturated rings. The van der Waals surface area contributed by atoms with Crippen LogP contribution in [0.2, 0.25) is 0 Å². The number of nitrogens with one attached hydrogen (secondary N) is 2. The molecule has 0 bridgehead atoms. The van der Waals surface area contributed by atoms with Crippen LogP contribution in [-0.4, -0.2) is 74.2 Å². The molecule has 0 radical (unpaired) electrons. The molecule has 1 aliphatic rings. The van der Waals surface area contributed by atoms with Gasteiger partial charge in [0.1, 0.15) is 5.65 Å². The summed E-state index contributed by atoms with van der Waals surface area (Å²) in [7, 11) is 4.13. The van der Waals surface area contributed by atoms with Crippen molar-refractivity contribution in [3.05, 3.63) is 54.6 Å². The van der Waals surface area contributed by atoms with Crippen molar-refractivity contribution in [1.82, 2.24) is 29.3 Å². The van der Waals surface area contributed by atoms with Gasteiger partial charge in [0, 0.05) is 49.1 Å². The van der Waals surface area contributed by atoms with E-state index in [0.717, 1.165) is 57.8 Å². The molecule has 9 heteroatoms. The summed E-state index contributed by atoms with van der Waals surface area (Å²) in [5.41, 5.74) is 6.91. The minimum Gasteiger partial charge on any atom is -0.465 e. The first-order chi connectivity index (χ1) is 16.0. The van der Waals surface area contributed by atoms with E-state index in [1.54, 1.807) is 6.20 Å². The van der Waals surface area contributed by atoms with Crippen LogP contribution < -0.4 is 5.32 Å². The van der Waals surface area contributed by atoms with Gasteiger partial charge in [-0.2, -0.15) is 0 Å². The van der Waals surface area contributed by atoms with Gasteiger partial charge in [0.2, 0.25) is 0 Å². The monoisotopic (exact) mass is 445 g/mol. The van der Waals surface area contributed by atoms with Crippen molar-refractivity contribution in [2.24, 2.45) is 0 Å². The fourth-order valence-corrected chi connectivity index (χ4v) is 4.17. The Morgan fingerprint density at radius 2 is 2.12 bits per heavy atom. The molecule has 0 saturated heterocycles. The van der Waals surface area contributed by atoms with E-state index in [1.807, 2.05) is 30.6 Å². The first-order valence-electron chi connectivity index (χ1n) is 11.0.